The molecule has 0 spiro atoms. The second-order valence-electron chi connectivity index (χ2n) is 6.19. The van der Waals surface area contributed by atoms with E-state index in [1.807, 2.05) is 6.07 Å². The van der Waals surface area contributed by atoms with Gasteiger partial charge in [0.15, 0.2) is 5.13 Å². The molecule has 0 saturated heterocycles. The molecule has 0 bridgehead atoms. The fourth-order valence-corrected chi connectivity index (χ4v) is 3.82. The number of carbonyl (C=O) groups is 2. The van der Waals surface area contributed by atoms with E-state index in [1.54, 1.807) is 12.3 Å². The average Bonchev–Trinajstić information content (AvgIpc) is 3.25. The maximum absolute atomic E-state index is 13.2. The van der Waals surface area contributed by atoms with E-state index < -0.39 is 0 Å². The summed E-state index contributed by atoms with van der Waals surface area (Å²) in [5, 5.41) is 5.85. The Hall–Kier alpha value is -2.28. The van der Waals surface area contributed by atoms with Crippen molar-refractivity contribution < 1.29 is 14.0 Å². The highest BCUT2D eigenvalue weighted by atomic mass is 32.1. The predicted octanol–water partition coefficient (Wildman–Crippen LogP) is 3.12. The lowest BCUT2D eigenvalue weighted by molar-refractivity contribution is -0.127. The molecule has 0 aliphatic heterocycles. The fourth-order valence-electron chi connectivity index (χ4n) is 2.96. The van der Waals surface area contributed by atoms with E-state index in [0.717, 1.165) is 36.1 Å². The van der Waals surface area contributed by atoms with Gasteiger partial charge in [-0.15, -0.1) is 11.3 Å². The Balaban J connectivity index is 1.47. The highest BCUT2D eigenvalue weighted by molar-refractivity contribution is 7.15. The van der Waals surface area contributed by atoms with Gasteiger partial charge in [0.25, 0.3) is 0 Å². The molecule has 2 N–H and O–H groups in total. The number of aromatic nitrogens is 1. The number of anilines is 1. The number of thiazole rings is 1. The van der Waals surface area contributed by atoms with Crippen LogP contribution in [0.2, 0.25) is 0 Å². The molecule has 5 nitrogen and oxygen atoms in total. The molecule has 0 atom stereocenters. The van der Waals surface area contributed by atoms with Crippen molar-refractivity contribution in [2.24, 2.45) is 5.92 Å². The molecule has 2 aromatic rings. The van der Waals surface area contributed by atoms with Crippen molar-refractivity contribution in [1.29, 1.82) is 0 Å². The third-order valence-corrected chi connectivity index (χ3v) is 5.13. The monoisotopic (exact) mass is 361 g/mol. The van der Waals surface area contributed by atoms with E-state index in [0.29, 0.717) is 11.6 Å². The van der Waals surface area contributed by atoms with Gasteiger partial charge in [-0.2, -0.15) is 0 Å². The van der Waals surface area contributed by atoms with Gasteiger partial charge in [-0.3, -0.25) is 9.59 Å². The highest BCUT2D eigenvalue weighted by Gasteiger charge is 2.22. The predicted molar refractivity (Wildman–Crippen MR) is 94.9 cm³/mol. The van der Waals surface area contributed by atoms with Crippen LogP contribution in [0.4, 0.5) is 9.52 Å². The Labute approximate surface area is 149 Å². The molecule has 1 saturated carbocycles. The molecule has 1 aliphatic carbocycles. The van der Waals surface area contributed by atoms with Crippen LogP contribution < -0.4 is 10.6 Å². The number of nitrogens with zero attached hydrogens (tertiary/aromatic N) is 1. The summed E-state index contributed by atoms with van der Waals surface area (Å²) in [4.78, 5) is 28.9. The zero-order valence-corrected chi connectivity index (χ0v) is 14.6. The topological polar surface area (TPSA) is 71.1 Å². The van der Waals surface area contributed by atoms with E-state index in [1.165, 1.54) is 23.5 Å². The van der Waals surface area contributed by atoms with Crippen molar-refractivity contribution in [3.05, 3.63) is 46.7 Å². The Morgan fingerprint density at radius 2 is 2.08 bits per heavy atom. The number of rotatable bonds is 6. The van der Waals surface area contributed by atoms with Crippen molar-refractivity contribution in [3.8, 4) is 0 Å². The van der Waals surface area contributed by atoms with Gasteiger partial charge in [0.2, 0.25) is 11.8 Å². The first-order chi connectivity index (χ1) is 12.1. The Morgan fingerprint density at radius 3 is 2.84 bits per heavy atom. The second-order valence-corrected chi connectivity index (χ2v) is 7.30. The van der Waals surface area contributed by atoms with E-state index in [9.17, 15) is 14.0 Å². The summed E-state index contributed by atoms with van der Waals surface area (Å²) in [7, 11) is 0. The molecule has 132 valence electrons. The zero-order valence-electron chi connectivity index (χ0n) is 13.8. The molecule has 25 heavy (non-hydrogen) atoms. The SMILES string of the molecule is O=C(CNC(=O)C1CCCC1)Nc1ncc(Cc2cccc(F)c2)s1. The molecular formula is C18H20FN3O2S. The third kappa shape index (κ3) is 5.09. The van der Waals surface area contributed by atoms with Gasteiger partial charge in [0, 0.05) is 23.4 Å². The van der Waals surface area contributed by atoms with Crippen LogP contribution >= 0.6 is 11.3 Å². The summed E-state index contributed by atoms with van der Waals surface area (Å²) in [6.07, 6.45) is 6.20. The number of benzene rings is 1. The molecule has 1 fully saturated rings. The van der Waals surface area contributed by atoms with Crippen molar-refractivity contribution in [2.75, 3.05) is 11.9 Å². The van der Waals surface area contributed by atoms with Crippen LogP contribution in [-0.2, 0) is 16.0 Å². The molecule has 1 aromatic heterocycles. The first kappa shape index (κ1) is 17.5. The molecule has 1 aliphatic rings. The first-order valence-electron chi connectivity index (χ1n) is 8.37. The van der Waals surface area contributed by atoms with Crippen molar-refractivity contribution in [1.82, 2.24) is 10.3 Å². The molecule has 1 aromatic carbocycles. The molecule has 2 amide bonds. The lowest BCUT2D eigenvalue weighted by Gasteiger charge is -2.09. The van der Waals surface area contributed by atoms with E-state index in [-0.39, 0.29) is 30.1 Å². The summed E-state index contributed by atoms with van der Waals surface area (Å²) < 4.78 is 13.2. The van der Waals surface area contributed by atoms with E-state index in [2.05, 4.69) is 15.6 Å². The van der Waals surface area contributed by atoms with Crippen LogP contribution in [0, 0.1) is 11.7 Å². The molecule has 7 heteroatoms. The molecule has 3 rings (SSSR count). The molecule has 0 unspecified atom stereocenters. The molecule has 1 heterocycles. The Bertz CT molecular complexity index is 756. The number of hydrogen-bond acceptors (Lipinski definition) is 4. The average molecular weight is 361 g/mol. The number of halogens is 1. The standard InChI is InChI=1S/C18H20FN3O2S/c19-14-7-3-4-12(8-14)9-15-10-21-18(25-15)22-16(23)11-20-17(24)13-5-1-2-6-13/h3-4,7-8,10,13H,1-2,5-6,9,11H2,(H,20,24)(H,21,22,23). The number of amides is 2. The largest absolute Gasteiger partial charge is 0.347 e. The van der Waals surface area contributed by atoms with E-state index >= 15 is 0 Å². The van der Waals surface area contributed by atoms with Crippen LogP contribution in [0.3, 0.4) is 0 Å². The maximum atomic E-state index is 13.2. The van der Waals surface area contributed by atoms with Crippen LogP contribution in [0.25, 0.3) is 0 Å². The lowest BCUT2D eigenvalue weighted by atomic mass is 10.1. The normalized spacial score (nSPS) is 14.4. The van der Waals surface area contributed by atoms with Crippen LogP contribution in [0.15, 0.2) is 30.5 Å². The zero-order chi connectivity index (χ0) is 17.6. The molecular weight excluding hydrogens is 341 g/mol. The number of nitrogens with one attached hydrogen (secondary N) is 2. The van der Waals surface area contributed by atoms with Gasteiger partial charge in [-0.25, -0.2) is 9.37 Å². The summed E-state index contributed by atoms with van der Waals surface area (Å²) in [5.74, 6) is -0.560. The summed E-state index contributed by atoms with van der Waals surface area (Å²) in [5.41, 5.74) is 0.852. The lowest BCUT2D eigenvalue weighted by Crippen LogP contribution is -2.36. The minimum atomic E-state index is -0.294. The van der Waals surface area contributed by atoms with Gasteiger partial charge in [0.1, 0.15) is 5.82 Å². The van der Waals surface area contributed by atoms with Crippen molar-refractivity contribution in [2.45, 2.75) is 32.1 Å². The number of hydrogen-bond donors (Lipinski definition) is 2. The highest BCUT2D eigenvalue weighted by Crippen LogP contribution is 2.24. The first-order valence-corrected chi connectivity index (χ1v) is 9.18. The minimum absolute atomic E-state index is 0.0430. The number of carbonyl (C=O) groups excluding carboxylic acids is 2. The minimum Gasteiger partial charge on any atom is -0.347 e. The molecule has 0 radical (unpaired) electrons. The van der Waals surface area contributed by atoms with Gasteiger partial charge < -0.3 is 10.6 Å². The fraction of sp³-hybridized carbons (Fsp3) is 0.389. The Kier molecular flexibility index (Phi) is 5.75. The van der Waals surface area contributed by atoms with E-state index in [4.69, 9.17) is 0 Å². The van der Waals surface area contributed by atoms with Crippen LogP contribution in [0.5, 0.6) is 0 Å². The van der Waals surface area contributed by atoms with Gasteiger partial charge >= 0.3 is 0 Å². The smallest absolute Gasteiger partial charge is 0.245 e. The summed E-state index contributed by atoms with van der Waals surface area (Å²) in [6.45, 7) is -0.0475. The quantitative estimate of drug-likeness (QED) is 0.830. The summed E-state index contributed by atoms with van der Waals surface area (Å²) >= 11 is 1.34. The maximum Gasteiger partial charge on any atom is 0.245 e. The van der Waals surface area contributed by atoms with Crippen LogP contribution in [0.1, 0.15) is 36.1 Å². The van der Waals surface area contributed by atoms with Crippen molar-refractivity contribution >= 4 is 28.3 Å². The Morgan fingerprint density at radius 1 is 1.28 bits per heavy atom. The van der Waals surface area contributed by atoms with Gasteiger partial charge in [-0.1, -0.05) is 25.0 Å². The van der Waals surface area contributed by atoms with Crippen molar-refractivity contribution in [3.63, 3.8) is 0 Å². The second kappa shape index (κ2) is 8.20. The van der Waals surface area contributed by atoms with Gasteiger partial charge in [0.05, 0.1) is 6.54 Å². The van der Waals surface area contributed by atoms with Crippen LogP contribution in [-0.4, -0.2) is 23.3 Å². The van der Waals surface area contributed by atoms with Gasteiger partial charge in [-0.05, 0) is 30.5 Å². The third-order valence-electron chi connectivity index (χ3n) is 4.22. The summed E-state index contributed by atoms with van der Waals surface area (Å²) in [6, 6.07) is 6.40.